The van der Waals surface area contributed by atoms with Gasteiger partial charge in [0.15, 0.2) is 17.5 Å². The standard InChI is InChI=1S/C14H23N3O2S.HI/c1-18-12-7-6-11(10-13(12)19-2)17-14(15)16-8-4-5-9-20-3;/h6-7,10H,4-5,8-9H2,1-3H3,(H3,15,16,17);1H. The maximum Gasteiger partial charge on any atom is 0.193 e. The van der Waals surface area contributed by atoms with Crippen LogP contribution in [0, 0.1) is 0 Å². The Hall–Kier alpha value is -0.830. The summed E-state index contributed by atoms with van der Waals surface area (Å²) < 4.78 is 10.4. The molecule has 21 heavy (non-hydrogen) atoms. The molecule has 1 rings (SSSR count). The number of aliphatic imine (C=N–C) groups is 1. The SMILES string of the molecule is COc1ccc(NC(N)=NCCCCSC)cc1OC.I. The molecular weight excluding hydrogens is 401 g/mol. The van der Waals surface area contributed by atoms with Gasteiger partial charge in [-0.15, -0.1) is 24.0 Å². The topological polar surface area (TPSA) is 68.9 Å². The van der Waals surface area contributed by atoms with Crippen LogP contribution in [0.1, 0.15) is 12.8 Å². The minimum Gasteiger partial charge on any atom is -0.493 e. The number of nitrogens with one attached hydrogen (secondary N) is 1. The number of methoxy groups -OCH3 is 2. The molecule has 0 saturated heterocycles. The minimum atomic E-state index is 0. The Kier molecular flexibility index (Phi) is 11.3. The predicted octanol–water partition coefficient (Wildman–Crippen LogP) is 3.19. The first-order valence-corrected chi connectivity index (χ1v) is 7.88. The first-order chi connectivity index (χ1) is 9.71. The lowest BCUT2D eigenvalue weighted by molar-refractivity contribution is 0.355. The van der Waals surface area contributed by atoms with E-state index in [9.17, 15) is 0 Å². The van der Waals surface area contributed by atoms with Crippen molar-refractivity contribution < 1.29 is 9.47 Å². The van der Waals surface area contributed by atoms with Crippen LogP contribution >= 0.6 is 35.7 Å². The van der Waals surface area contributed by atoms with Gasteiger partial charge in [-0.2, -0.15) is 11.8 Å². The van der Waals surface area contributed by atoms with E-state index in [0.717, 1.165) is 25.1 Å². The highest BCUT2D eigenvalue weighted by Gasteiger charge is 2.04. The van der Waals surface area contributed by atoms with Crippen LogP contribution in [-0.2, 0) is 0 Å². The van der Waals surface area contributed by atoms with Crippen LogP contribution in [-0.4, -0.2) is 38.7 Å². The van der Waals surface area contributed by atoms with E-state index in [2.05, 4.69) is 16.6 Å². The molecule has 5 nitrogen and oxygen atoms in total. The molecule has 1 aromatic carbocycles. The molecule has 1 aromatic rings. The van der Waals surface area contributed by atoms with Gasteiger partial charge in [0, 0.05) is 18.3 Å². The molecule has 0 aliphatic heterocycles. The van der Waals surface area contributed by atoms with Gasteiger partial charge >= 0.3 is 0 Å². The normalized spacial score (nSPS) is 10.7. The van der Waals surface area contributed by atoms with Crippen LogP contribution in [0.2, 0.25) is 0 Å². The Bertz CT molecular complexity index is 444. The number of guanidine groups is 1. The van der Waals surface area contributed by atoms with E-state index in [0.29, 0.717) is 17.5 Å². The molecule has 0 spiro atoms. The molecule has 0 aromatic heterocycles. The molecule has 0 fully saturated rings. The van der Waals surface area contributed by atoms with Crippen molar-refractivity contribution in [1.82, 2.24) is 0 Å². The lowest BCUT2D eigenvalue weighted by atomic mass is 10.3. The van der Waals surface area contributed by atoms with Gasteiger partial charge in [0.25, 0.3) is 0 Å². The fourth-order valence-corrected chi connectivity index (χ4v) is 2.15. The van der Waals surface area contributed by atoms with E-state index in [1.54, 1.807) is 14.2 Å². The average Bonchev–Trinajstić information content (AvgIpc) is 2.46. The summed E-state index contributed by atoms with van der Waals surface area (Å²) >= 11 is 1.85. The number of rotatable bonds is 8. The molecule has 0 saturated carbocycles. The predicted molar refractivity (Wildman–Crippen MR) is 103 cm³/mol. The number of thioether (sulfide) groups is 1. The van der Waals surface area contributed by atoms with E-state index >= 15 is 0 Å². The second-order valence-electron chi connectivity index (χ2n) is 4.16. The van der Waals surface area contributed by atoms with Crippen LogP contribution < -0.4 is 20.5 Å². The Labute approximate surface area is 148 Å². The Balaban J connectivity index is 0.00000400. The molecule has 0 bridgehead atoms. The van der Waals surface area contributed by atoms with Crippen molar-refractivity contribution in [2.24, 2.45) is 10.7 Å². The molecule has 120 valence electrons. The van der Waals surface area contributed by atoms with Gasteiger partial charge in [-0.25, -0.2) is 0 Å². The number of nitrogens with zero attached hydrogens (tertiary/aromatic N) is 1. The highest BCUT2D eigenvalue weighted by Crippen LogP contribution is 2.29. The molecule has 0 aliphatic carbocycles. The zero-order valence-electron chi connectivity index (χ0n) is 12.7. The van der Waals surface area contributed by atoms with Gasteiger partial charge in [-0.3, -0.25) is 4.99 Å². The van der Waals surface area contributed by atoms with Crippen molar-refractivity contribution in [3.8, 4) is 11.5 Å². The summed E-state index contributed by atoms with van der Waals surface area (Å²) in [5, 5.41) is 3.05. The summed E-state index contributed by atoms with van der Waals surface area (Å²) in [5.41, 5.74) is 6.67. The number of halogens is 1. The molecule has 7 heteroatoms. The molecule has 0 aliphatic rings. The first-order valence-electron chi connectivity index (χ1n) is 6.49. The number of benzene rings is 1. The molecule has 0 amide bonds. The van der Waals surface area contributed by atoms with E-state index < -0.39 is 0 Å². The van der Waals surface area contributed by atoms with Crippen molar-refractivity contribution in [2.75, 3.05) is 38.1 Å². The molecule has 0 atom stereocenters. The maximum absolute atomic E-state index is 5.84. The highest BCUT2D eigenvalue weighted by molar-refractivity contribution is 14.0. The highest BCUT2D eigenvalue weighted by atomic mass is 127. The largest absolute Gasteiger partial charge is 0.493 e. The second kappa shape index (κ2) is 11.8. The number of nitrogens with two attached hydrogens (primary N) is 1. The monoisotopic (exact) mass is 425 g/mol. The summed E-state index contributed by atoms with van der Waals surface area (Å²) in [6.45, 7) is 0.743. The van der Waals surface area contributed by atoms with Crippen molar-refractivity contribution in [1.29, 1.82) is 0 Å². The van der Waals surface area contributed by atoms with Crippen LogP contribution in [0.3, 0.4) is 0 Å². The fraction of sp³-hybridized carbons (Fsp3) is 0.500. The first kappa shape index (κ1) is 20.2. The Morgan fingerprint density at radius 2 is 1.95 bits per heavy atom. The summed E-state index contributed by atoms with van der Waals surface area (Å²) in [5.74, 6) is 2.93. The minimum absolute atomic E-state index is 0. The van der Waals surface area contributed by atoms with Gasteiger partial charge in [0.2, 0.25) is 0 Å². The summed E-state index contributed by atoms with van der Waals surface area (Å²) in [6, 6.07) is 5.53. The van der Waals surface area contributed by atoms with Gasteiger partial charge in [-0.1, -0.05) is 0 Å². The Morgan fingerprint density at radius 3 is 2.57 bits per heavy atom. The maximum atomic E-state index is 5.84. The van der Waals surface area contributed by atoms with E-state index in [1.165, 1.54) is 5.75 Å². The van der Waals surface area contributed by atoms with Crippen LogP contribution in [0.25, 0.3) is 0 Å². The average molecular weight is 425 g/mol. The number of hydrogen-bond donors (Lipinski definition) is 2. The van der Waals surface area contributed by atoms with Crippen molar-refractivity contribution in [3.05, 3.63) is 18.2 Å². The lowest BCUT2D eigenvalue weighted by Crippen LogP contribution is -2.22. The van der Waals surface area contributed by atoms with Crippen LogP contribution in [0.5, 0.6) is 11.5 Å². The van der Waals surface area contributed by atoms with E-state index in [-0.39, 0.29) is 24.0 Å². The number of anilines is 1. The van der Waals surface area contributed by atoms with Crippen molar-refractivity contribution >= 4 is 47.4 Å². The van der Waals surface area contributed by atoms with E-state index in [4.69, 9.17) is 15.2 Å². The quantitative estimate of drug-likeness (QED) is 0.290. The van der Waals surface area contributed by atoms with Crippen LogP contribution in [0.4, 0.5) is 5.69 Å². The van der Waals surface area contributed by atoms with Crippen LogP contribution in [0.15, 0.2) is 23.2 Å². The third kappa shape index (κ3) is 7.66. The second-order valence-corrected chi connectivity index (χ2v) is 5.15. The summed E-state index contributed by atoms with van der Waals surface area (Å²) in [7, 11) is 3.21. The summed E-state index contributed by atoms with van der Waals surface area (Å²) in [4.78, 5) is 4.29. The zero-order valence-corrected chi connectivity index (χ0v) is 15.9. The molecular formula is C14H24IN3O2S. The lowest BCUT2D eigenvalue weighted by Gasteiger charge is -2.10. The third-order valence-corrected chi connectivity index (χ3v) is 3.39. The van der Waals surface area contributed by atoms with Gasteiger partial charge in [0.05, 0.1) is 14.2 Å². The van der Waals surface area contributed by atoms with Crippen molar-refractivity contribution in [3.63, 3.8) is 0 Å². The molecule has 0 radical (unpaired) electrons. The third-order valence-electron chi connectivity index (χ3n) is 2.69. The summed E-state index contributed by atoms with van der Waals surface area (Å²) in [6.07, 6.45) is 4.32. The van der Waals surface area contributed by atoms with Crippen molar-refractivity contribution in [2.45, 2.75) is 12.8 Å². The van der Waals surface area contributed by atoms with Gasteiger partial charge < -0.3 is 20.5 Å². The van der Waals surface area contributed by atoms with Gasteiger partial charge in [-0.05, 0) is 37.0 Å². The molecule has 0 heterocycles. The zero-order chi connectivity index (χ0) is 14.8. The van der Waals surface area contributed by atoms with E-state index in [1.807, 2.05) is 30.0 Å². The van der Waals surface area contributed by atoms with Gasteiger partial charge in [0.1, 0.15) is 0 Å². The molecule has 3 N–H and O–H groups in total. The number of unbranched alkanes of at least 4 members (excludes halogenated alkanes) is 1. The Morgan fingerprint density at radius 1 is 1.24 bits per heavy atom. The molecule has 0 unspecified atom stereocenters. The number of ether oxygens (including phenoxy) is 2. The number of hydrogen-bond acceptors (Lipinski definition) is 4. The smallest absolute Gasteiger partial charge is 0.193 e. The fourth-order valence-electron chi connectivity index (χ4n) is 1.66.